The van der Waals surface area contributed by atoms with Crippen molar-refractivity contribution in [2.75, 3.05) is 13.2 Å². The predicted octanol–water partition coefficient (Wildman–Crippen LogP) is 3.03. The first-order valence-corrected chi connectivity index (χ1v) is 10.1. The molecule has 164 valence electrons. The van der Waals surface area contributed by atoms with Gasteiger partial charge in [0.25, 0.3) is 11.8 Å². The summed E-state index contributed by atoms with van der Waals surface area (Å²) in [4.78, 5) is 27.7. The maximum atomic E-state index is 13.4. The van der Waals surface area contributed by atoms with Crippen molar-refractivity contribution in [2.24, 2.45) is 0 Å². The summed E-state index contributed by atoms with van der Waals surface area (Å²) in [5.41, 5.74) is -0.735. The topological polar surface area (TPSA) is 89.6 Å². The van der Waals surface area contributed by atoms with E-state index in [4.69, 9.17) is 32.7 Å². The number of aromatic nitrogens is 1. The minimum absolute atomic E-state index is 0.0263. The molecule has 3 saturated carbocycles. The number of carbonyl (C=O) groups is 2. The molecular formula is C20H17Cl2F2N3O4. The van der Waals surface area contributed by atoms with Gasteiger partial charge in [-0.3, -0.25) is 9.59 Å². The number of nitrogens with one attached hydrogen (secondary N) is 2. The van der Waals surface area contributed by atoms with Crippen LogP contribution in [0.3, 0.4) is 0 Å². The summed E-state index contributed by atoms with van der Waals surface area (Å²) in [6.07, 6.45) is 2.92. The molecule has 1 heterocycles. The smallest absolute Gasteiger partial charge is 0.258 e. The van der Waals surface area contributed by atoms with Crippen LogP contribution in [0, 0.1) is 11.8 Å². The maximum absolute atomic E-state index is 13.4. The van der Waals surface area contributed by atoms with Crippen LogP contribution in [0.1, 0.15) is 19.3 Å². The normalized spacial score (nSPS) is 23.2. The van der Waals surface area contributed by atoms with Gasteiger partial charge in [0.1, 0.15) is 17.3 Å². The zero-order valence-corrected chi connectivity index (χ0v) is 17.5. The van der Waals surface area contributed by atoms with Crippen molar-refractivity contribution >= 4 is 35.0 Å². The van der Waals surface area contributed by atoms with Crippen LogP contribution in [0.25, 0.3) is 0 Å². The van der Waals surface area contributed by atoms with Crippen molar-refractivity contribution in [3.63, 3.8) is 0 Å². The molecule has 0 spiro atoms. The lowest BCUT2D eigenvalue weighted by atomic mass is 9.44. The summed E-state index contributed by atoms with van der Waals surface area (Å²) in [7, 11) is 0. The Morgan fingerprint density at radius 2 is 1.52 bits per heavy atom. The van der Waals surface area contributed by atoms with Crippen LogP contribution in [0.2, 0.25) is 10.0 Å². The van der Waals surface area contributed by atoms with Crippen molar-refractivity contribution in [1.82, 2.24) is 15.6 Å². The molecule has 2 N–H and O–H groups in total. The van der Waals surface area contributed by atoms with Gasteiger partial charge in [0.05, 0.1) is 16.2 Å². The van der Waals surface area contributed by atoms with Gasteiger partial charge in [-0.1, -0.05) is 23.2 Å². The molecule has 0 aliphatic heterocycles. The van der Waals surface area contributed by atoms with Crippen LogP contribution in [0.5, 0.6) is 11.5 Å². The van der Waals surface area contributed by atoms with E-state index in [0.29, 0.717) is 19.3 Å². The highest BCUT2D eigenvalue weighted by Gasteiger charge is 2.69. The van der Waals surface area contributed by atoms with Crippen LogP contribution in [-0.2, 0) is 9.59 Å². The predicted molar refractivity (Wildman–Crippen MR) is 107 cm³/mol. The van der Waals surface area contributed by atoms with E-state index in [1.54, 1.807) is 0 Å². The van der Waals surface area contributed by atoms with Gasteiger partial charge < -0.3 is 20.1 Å². The number of rotatable bonds is 8. The highest BCUT2D eigenvalue weighted by atomic mass is 35.5. The lowest BCUT2D eigenvalue weighted by molar-refractivity contribution is -0.151. The molecule has 3 aliphatic carbocycles. The number of benzene rings is 1. The van der Waals surface area contributed by atoms with E-state index >= 15 is 0 Å². The first-order valence-electron chi connectivity index (χ1n) is 9.31. The van der Waals surface area contributed by atoms with E-state index in [0.717, 1.165) is 12.3 Å². The van der Waals surface area contributed by atoms with Gasteiger partial charge in [0, 0.05) is 23.2 Å². The summed E-state index contributed by atoms with van der Waals surface area (Å²) in [5, 5.41) is 5.57. The lowest BCUT2D eigenvalue weighted by Crippen LogP contribution is -2.84. The molecule has 31 heavy (non-hydrogen) atoms. The summed E-state index contributed by atoms with van der Waals surface area (Å²) >= 11 is 11.2. The summed E-state index contributed by atoms with van der Waals surface area (Å²) in [6.45, 7) is -0.527. The Kier molecular flexibility index (Phi) is 5.65. The third-order valence-electron chi connectivity index (χ3n) is 5.24. The summed E-state index contributed by atoms with van der Waals surface area (Å²) < 4.78 is 37.0. The van der Waals surface area contributed by atoms with E-state index in [9.17, 15) is 18.4 Å². The van der Waals surface area contributed by atoms with Crippen LogP contribution >= 0.6 is 23.2 Å². The molecule has 2 amide bonds. The molecule has 11 heteroatoms. The van der Waals surface area contributed by atoms with Gasteiger partial charge >= 0.3 is 0 Å². The van der Waals surface area contributed by atoms with Gasteiger partial charge in [-0.2, -0.15) is 4.39 Å². The van der Waals surface area contributed by atoms with E-state index < -0.39 is 11.8 Å². The summed E-state index contributed by atoms with van der Waals surface area (Å²) in [5.74, 6) is -1.73. The lowest BCUT2D eigenvalue weighted by Gasteiger charge is -2.70. The number of carbonyl (C=O) groups excluding carboxylic acids is 2. The van der Waals surface area contributed by atoms with Crippen molar-refractivity contribution in [3.05, 3.63) is 52.3 Å². The number of hydrogen-bond acceptors (Lipinski definition) is 5. The fourth-order valence-corrected chi connectivity index (χ4v) is 4.34. The highest BCUT2D eigenvalue weighted by molar-refractivity contribution is 6.31. The van der Waals surface area contributed by atoms with Crippen LogP contribution < -0.4 is 20.1 Å². The molecule has 1 aromatic carbocycles. The molecule has 3 fully saturated rings. The summed E-state index contributed by atoms with van der Waals surface area (Å²) in [6, 6.07) is 5.17. The molecule has 1 aromatic heterocycles. The molecule has 3 aliphatic rings. The Morgan fingerprint density at radius 1 is 0.935 bits per heavy atom. The second-order valence-electron chi connectivity index (χ2n) is 7.78. The number of amides is 2. The molecule has 7 nitrogen and oxygen atoms in total. The fourth-order valence-electron chi connectivity index (χ4n) is 4.06. The minimum atomic E-state index is -0.814. The number of nitrogens with zero attached hydrogens (tertiary/aromatic N) is 1. The Hall–Kier alpha value is -2.65. The van der Waals surface area contributed by atoms with Crippen LogP contribution in [0.15, 0.2) is 30.5 Å². The third-order valence-corrected chi connectivity index (χ3v) is 5.81. The van der Waals surface area contributed by atoms with E-state index in [1.807, 2.05) is 0 Å². The molecule has 2 aromatic rings. The molecular weight excluding hydrogens is 455 g/mol. The van der Waals surface area contributed by atoms with Crippen molar-refractivity contribution in [2.45, 2.75) is 30.3 Å². The molecule has 0 saturated heterocycles. The SMILES string of the molecule is O=C(COc1ccc(Cl)c(F)c1)NC12CC(NC(=O)COc3cnc(F)c(Cl)c3)(C1)C2. The van der Waals surface area contributed by atoms with Gasteiger partial charge in [-0.15, -0.1) is 0 Å². The second-order valence-corrected chi connectivity index (χ2v) is 8.60. The van der Waals surface area contributed by atoms with Crippen LogP contribution in [-0.4, -0.2) is 41.1 Å². The molecule has 0 unspecified atom stereocenters. The average molecular weight is 472 g/mol. The first-order chi connectivity index (χ1) is 14.7. The Balaban J connectivity index is 1.17. The van der Waals surface area contributed by atoms with Crippen molar-refractivity contribution < 1.29 is 27.8 Å². The molecule has 2 bridgehead atoms. The Labute approximate surface area is 186 Å². The number of halogens is 4. The number of ether oxygens (including phenoxy) is 2. The standard InChI is InChI=1S/C20H17Cl2F2N3O4/c21-13-2-1-11(4-15(13)23)30-6-16(28)26-19-8-20(9-19,10-19)27-17(29)7-31-12-3-14(22)18(24)25-5-12/h1-5H,6-10H2,(H,26,28)(H,27,29). The monoisotopic (exact) mass is 471 g/mol. The Bertz CT molecular complexity index is 954. The largest absolute Gasteiger partial charge is 0.484 e. The molecule has 0 radical (unpaired) electrons. The van der Waals surface area contributed by atoms with Gasteiger partial charge in [-0.25, -0.2) is 9.37 Å². The fraction of sp³-hybridized carbons (Fsp3) is 0.350. The molecule has 5 rings (SSSR count). The van der Waals surface area contributed by atoms with Crippen molar-refractivity contribution in [3.8, 4) is 11.5 Å². The van der Waals surface area contributed by atoms with E-state index in [1.165, 1.54) is 18.2 Å². The van der Waals surface area contributed by atoms with Gasteiger partial charge in [0.15, 0.2) is 13.2 Å². The van der Waals surface area contributed by atoms with Crippen LogP contribution in [0.4, 0.5) is 8.78 Å². The maximum Gasteiger partial charge on any atom is 0.258 e. The third kappa shape index (κ3) is 4.67. The van der Waals surface area contributed by atoms with E-state index in [2.05, 4.69) is 15.6 Å². The first kappa shape index (κ1) is 21.6. The highest BCUT2D eigenvalue weighted by Crippen LogP contribution is 2.60. The average Bonchev–Trinajstić information content (AvgIpc) is 2.67. The van der Waals surface area contributed by atoms with Gasteiger partial charge in [0.2, 0.25) is 5.95 Å². The van der Waals surface area contributed by atoms with E-state index in [-0.39, 0.29) is 57.7 Å². The second kappa shape index (κ2) is 8.12. The number of pyridine rings is 1. The zero-order valence-electron chi connectivity index (χ0n) is 16.0. The van der Waals surface area contributed by atoms with Crippen molar-refractivity contribution in [1.29, 1.82) is 0 Å². The Morgan fingerprint density at radius 3 is 2.06 bits per heavy atom. The number of hydrogen-bond donors (Lipinski definition) is 2. The quantitative estimate of drug-likeness (QED) is 0.577. The zero-order chi connectivity index (χ0) is 22.2. The van der Waals surface area contributed by atoms with Gasteiger partial charge in [-0.05, 0) is 31.4 Å². The molecule has 0 atom stereocenters. The minimum Gasteiger partial charge on any atom is -0.484 e.